The molecular formula is C37H42O17. The summed E-state index contributed by atoms with van der Waals surface area (Å²) in [5.41, 5.74) is -13.2. The lowest BCUT2D eigenvalue weighted by Crippen LogP contribution is -2.94. The predicted octanol–water partition coefficient (Wildman–Crippen LogP) is 1.87. The molecule has 292 valence electrons. The van der Waals surface area contributed by atoms with Gasteiger partial charge in [0.15, 0.2) is 11.7 Å². The lowest BCUT2D eigenvalue weighted by molar-refractivity contribution is -0.448. The minimum absolute atomic E-state index is 0.124. The SMILES string of the molecule is COC(=O)[C@@H](OC(C)=O)C1[C@@]2(C)[C@@]3(O)C[C@@]1(C)[C@@H](OC(C)=O)[C@@]3(OC(C)=O)[C@H]1O[C@]3(C)O[C@]24C[C@@H](OC(C)=O)[C@@]2(C)C(=CC(=O)O[C@H]2c2ccoc2)[C@]14O3. The molecule has 0 radical (unpaired) electrons. The normalized spacial score (nSPS) is 47.7. The quantitative estimate of drug-likeness (QED) is 0.310. The van der Waals surface area contributed by atoms with Gasteiger partial charge in [0, 0.05) is 69.4 Å². The van der Waals surface area contributed by atoms with Gasteiger partial charge in [-0.05, 0) is 25.0 Å². The van der Waals surface area contributed by atoms with Crippen LogP contribution in [0.15, 0.2) is 34.7 Å². The Labute approximate surface area is 308 Å². The highest BCUT2D eigenvalue weighted by atomic mass is 17.0. The van der Waals surface area contributed by atoms with E-state index >= 15 is 0 Å². The summed E-state index contributed by atoms with van der Waals surface area (Å²) < 4.78 is 61.6. The molecule has 14 atom stereocenters. The molecule has 4 bridgehead atoms. The van der Waals surface area contributed by atoms with E-state index in [9.17, 15) is 33.9 Å². The smallest absolute Gasteiger partial charge is 0.347 e. The van der Waals surface area contributed by atoms with Crippen molar-refractivity contribution in [3.8, 4) is 0 Å². The number of aliphatic hydroxyl groups is 1. The second-order valence-corrected chi connectivity index (χ2v) is 16.3. The second kappa shape index (κ2) is 10.7. The molecule has 4 aliphatic carbocycles. The van der Waals surface area contributed by atoms with Crippen LogP contribution in [0.25, 0.3) is 0 Å². The number of carbonyl (C=O) groups is 6. The molecule has 8 rings (SSSR count). The van der Waals surface area contributed by atoms with Crippen LogP contribution in [0.3, 0.4) is 0 Å². The molecule has 17 nitrogen and oxygen atoms in total. The lowest BCUT2D eigenvalue weighted by Gasteiger charge is -2.76. The maximum Gasteiger partial charge on any atom is 0.347 e. The first kappa shape index (κ1) is 36.6. The van der Waals surface area contributed by atoms with E-state index in [1.165, 1.54) is 32.4 Å². The fourth-order valence-corrected chi connectivity index (χ4v) is 12.5. The molecule has 3 aliphatic heterocycles. The van der Waals surface area contributed by atoms with Gasteiger partial charge in [0.1, 0.15) is 29.5 Å². The van der Waals surface area contributed by atoms with Gasteiger partial charge < -0.3 is 52.2 Å². The molecule has 1 aromatic heterocycles. The van der Waals surface area contributed by atoms with Crippen molar-refractivity contribution in [1.29, 1.82) is 0 Å². The molecule has 0 amide bonds. The molecule has 7 aliphatic rings. The highest BCUT2D eigenvalue weighted by Crippen LogP contribution is 2.88. The fourth-order valence-electron chi connectivity index (χ4n) is 12.5. The molecule has 1 N–H and O–H groups in total. The van der Waals surface area contributed by atoms with Crippen LogP contribution in [0.5, 0.6) is 0 Å². The first-order chi connectivity index (χ1) is 25.1. The van der Waals surface area contributed by atoms with Gasteiger partial charge in [-0.25, -0.2) is 9.59 Å². The monoisotopic (exact) mass is 758 g/mol. The van der Waals surface area contributed by atoms with Crippen LogP contribution < -0.4 is 0 Å². The maximum absolute atomic E-state index is 13.9. The molecule has 4 saturated carbocycles. The summed E-state index contributed by atoms with van der Waals surface area (Å²) in [7, 11) is 1.10. The third kappa shape index (κ3) is 3.78. The zero-order valence-electron chi connectivity index (χ0n) is 31.2. The van der Waals surface area contributed by atoms with Gasteiger partial charge in [-0.1, -0.05) is 13.8 Å². The van der Waals surface area contributed by atoms with Crippen LogP contribution >= 0.6 is 0 Å². The number of ether oxygens (including phenoxy) is 9. The van der Waals surface area contributed by atoms with Crippen LogP contribution in [-0.4, -0.2) is 101 Å². The lowest BCUT2D eigenvalue weighted by atomic mass is 9.34. The fraction of sp³-hybridized carbons (Fsp3) is 0.676. The molecule has 54 heavy (non-hydrogen) atoms. The molecule has 2 saturated heterocycles. The predicted molar refractivity (Wildman–Crippen MR) is 172 cm³/mol. The third-order valence-corrected chi connectivity index (χ3v) is 13.6. The molecule has 4 heterocycles. The number of methoxy groups -OCH3 is 1. The van der Waals surface area contributed by atoms with Gasteiger partial charge in [0.2, 0.25) is 11.7 Å². The van der Waals surface area contributed by atoms with Crippen molar-refractivity contribution >= 4 is 35.8 Å². The van der Waals surface area contributed by atoms with Crippen molar-refractivity contribution in [2.45, 2.75) is 127 Å². The summed E-state index contributed by atoms with van der Waals surface area (Å²) in [6.07, 6.45) is -4.04. The van der Waals surface area contributed by atoms with Gasteiger partial charge in [0.25, 0.3) is 5.97 Å². The standard InChI is InChI=1S/C37H42O17/c1-16(38)47-22-13-35-32(7)25(24(27(43)45-9)48-17(2)39)30(5)15-34(32,44)37(51-19(4)41,28(30)49-18(3)40)29-36(35,54-33(8,52-29)53-35)21-12-23(42)50-26(31(21,22)6)20-10-11-46-14-20/h10-12,14,22,24-26,28-29,44H,13,15H2,1-9H3/t22-,24+,25?,26+,28-,29+,30-,31-,32+,33-,34+,35-,36+,37-/m1/s1. The largest absolute Gasteiger partial charge is 0.472 e. The number of esters is 6. The maximum atomic E-state index is 13.9. The zero-order chi connectivity index (χ0) is 39.4. The molecule has 1 unspecified atom stereocenters. The number of fused-ring (bicyclic) bond motifs is 4. The van der Waals surface area contributed by atoms with Gasteiger partial charge in [0.05, 0.1) is 25.1 Å². The number of furan rings is 1. The summed E-state index contributed by atoms with van der Waals surface area (Å²) in [6, 6.07) is 1.59. The average Bonchev–Trinajstić information content (AvgIpc) is 3.83. The van der Waals surface area contributed by atoms with Crippen molar-refractivity contribution in [3.05, 3.63) is 35.8 Å². The van der Waals surface area contributed by atoms with Gasteiger partial charge in [-0.15, -0.1) is 0 Å². The number of rotatable bonds is 7. The summed E-state index contributed by atoms with van der Waals surface area (Å²) in [6.45, 7) is 10.9. The Balaban J connectivity index is 1.53. The molecule has 1 spiro atoms. The molecule has 6 fully saturated rings. The Morgan fingerprint density at radius 1 is 0.944 bits per heavy atom. The second-order valence-electron chi connectivity index (χ2n) is 16.3. The summed E-state index contributed by atoms with van der Waals surface area (Å²) in [4.78, 5) is 80.3. The highest BCUT2D eigenvalue weighted by molar-refractivity contribution is 5.86. The molecular weight excluding hydrogens is 716 g/mol. The van der Waals surface area contributed by atoms with E-state index in [-0.39, 0.29) is 18.4 Å². The Kier molecular flexibility index (Phi) is 7.26. The number of hydrogen-bond donors (Lipinski definition) is 1. The molecule has 0 aromatic carbocycles. The van der Waals surface area contributed by atoms with Crippen LogP contribution in [-0.2, 0) is 71.4 Å². The third-order valence-electron chi connectivity index (χ3n) is 13.6. The van der Waals surface area contributed by atoms with Crippen LogP contribution in [0, 0.1) is 22.2 Å². The number of carbonyl (C=O) groups excluding carboxylic acids is 6. The van der Waals surface area contributed by atoms with Gasteiger partial charge in [-0.2, -0.15) is 0 Å². The number of hydrogen-bond acceptors (Lipinski definition) is 17. The van der Waals surface area contributed by atoms with Crippen molar-refractivity contribution in [2.24, 2.45) is 22.2 Å². The first-order valence-electron chi connectivity index (χ1n) is 17.6. The van der Waals surface area contributed by atoms with E-state index in [0.717, 1.165) is 27.9 Å². The minimum Gasteiger partial charge on any atom is -0.472 e. The Hall–Kier alpha value is -4.32. The van der Waals surface area contributed by atoms with E-state index in [0.29, 0.717) is 5.56 Å². The van der Waals surface area contributed by atoms with Crippen molar-refractivity contribution in [3.63, 3.8) is 0 Å². The van der Waals surface area contributed by atoms with Gasteiger partial charge in [-0.3, -0.25) is 19.2 Å². The zero-order valence-corrected chi connectivity index (χ0v) is 31.2. The van der Waals surface area contributed by atoms with E-state index in [4.69, 9.17) is 47.0 Å². The summed E-state index contributed by atoms with van der Waals surface area (Å²) in [5.74, 6) is -8.55. The Morgan fingerprint density at radius 2 is 1.63 bits per heavy atom. The summed E-state index contributed by atoms with van der Waals surface area (Å²) >= 11 is 0. The first-order valence-corrected chi connectivity index (χ1v) is 17.6. The van der Waals surface area contributed by atoms with Crippen LogP contribution in [0.2, 0.25) is 0 Å². The van der Waals surface area contributed by atoms with Crippen molar-refractivity contribution < 1.29 is 80.9 Å². The molecule has 1 aromatic rings. The molecule has 17 heteroatoms. The summed E-state index contributed by atoms with van der Waals surface area (Å²) in [5, 5.41) is 13.8. The Bertz CT molecular complexity index is 1940. The van der Waals surface area contributed by atoms with E-state index < -0.39 is 117 Å². The van der Waals surface area contributed by atoms with E-state index in [2.05, 4.69) is 0 Å². The van der Waals surface area contributed by atoms with Crippen molar-refractivity contribution in [2.75, 3.05) is 7.11 Å². The van der Waals surface area contributed by atoms with Crippen LogP contribution in [0.4, 0.5) is 0 Å². The Morgan fingerprint density at radius 3 is 2.20 bits per heavy atom. The number of cyclic esters (lactones) is 1. The van der Waals surface area contributed by atoms with Crippen LogP contribution in [0.1, 0.15) is 79.9 Å². The highest BCUT2D eigenvalue weighted by Gasteiger charge is 3.04. The van der Waals surface area contributed by atoms with E-state index in [1.54, 1.807) is 26.8 Å². The van der Waals surface area contributed by atoms with Crippen molar-refractivity contribution in [1.82, 2.24) is 0 Å². The minimum atomic E-state index is -2.35. The average molecular weight is 759 g/mol. The van der Waals surface area contributed by atoms with Gasteiger partial charge >= 0.3 is 35.8 Å². The topological polar surface area (TPSA) is 219 Å². The van der Waals surface area contributed by atoms with E-state index in [1.807, 2.05) is 0 Å².